The van der Waals surface area contributed by atoms with Crippen LogP contribution in [0.1, 0.15) is 55.3 Å². The van der Waals surface area contributed by atoms with E-state index < -0.39 is 0 Å². The summed E-state index contributed by atoms with van der Waals surface area (Å²) < 4.78 is 11.1. The van der Waals surface area contributed by atoms with Gasteiger partial charge in [-0.25, -0.2) is 0 Å². The first-order valence-corrected chi connectivity index (χ1v) is 9.08. The first-order chi connectivity index (χ1) is 12.0. The Kier molecular flexibility index (Phi) is 5.42. The van der Waals surface area contributed by atoms with E-state index in [0.717, 1.165) is 45.3 Å². The summed E-state index contributed by atoms with van der Waals surface area (Å²) in [6.07, 6.45) is 4.75. The Morgan fingerprint density at radius 3 is 2.80 bits per heavy atom. The van der Waals surface area contributed by atoms with Gasteiger partial charge in [0.15, 0.2) is 5.69 Å². The Bertz CT molecular complexity index is 620. The number of aryl methyl sites for hydroxylation is 1. The minimum atomic E-state index is -0.115. The Balaban J connectivity index is 1.51. The van der Waals surface area contributed by atoms with Crippen LogP contribution < -0.4 is 5.32 Å². The SMILES string of the molecule is CC(=O)NCCC1CCOC2(CCN(C(=O)c3cc(C)on3)CC2)C1. The van der Waals surface area contributed by atoms with Crippen LogP contribution in [-0.4, -0.2) is 53.7 Å². The van der Waals surface area contributed by atoms with Crippen molar-refractivity contribution in [1.29, 1.82) is 0 Å². The summed E-state index contributed by atoms with van der Waals surface area (Å²) in [6.45, 7) is 6.19. The zero-order valence-electron chi connectivity index (χ0n) is 15.0. The third-order valence-electron chi connectivity index (χ3n) is 5.33. The Hall–Kier alpha value is -1.89. The molecule has 1 aromatic rings. The Labute approximate surface area is 148 Å². The monoisotopic (exact) mass is 349 g/mol. The molecule has 0 radical (unpaired) electrons. The van der Waals surface area contributed by atoms with Crippen LogP contribution >= 0.6 is 0 Å². The minimum absolute atomic E-state index is 0.0247. The molecule has 3 rings (SSSR count). The zero-order valence-corrected chi connectivity index (χ0v) is 15.0. The predicted octanol–water partition coefficient (Wildman–Crippen LogP) is 1.91. The van der Waals surface area contributed by atoms with E-state index in [-0.39, 0.29) is 17.4 Å². The van der Waals surface area contributed by atoms with Crippen LogP contribution in [0.2, 0.25) is 0 Å². The molecule has 2 amide bonds. The number of piperidine rings is 1. The van der Waals surface area contributed by atoms with Crippen LogP contribution in [0.3, 0.4) is 0 Å². The molecule has 0 bridgehead atoms. The summed E-state index contributed by atoms with van der Waals surface area (Å²) in [5.74, 6) is 1.18. The molecule has 1 aromatic heterocycles. The van der Waals surface area contributed by atoms with Crippen molar-refractivity contribution >= 4 is 11.8 Å². The molecule has 25 heavy (non-hydrogen) atoms. The van der Waals surface area contributed by atoms with Gasteiger partial charge in [0.2, 0.25) is 5.91 Å². The highest BCUT2D eigenvalue weighted by Crippen LogP contribution is 2.38. The number of rotatable bonds is 4. The summed E-state index contributed by atoms with van der Waals surface area (Å²) in [7, 11) is 0. The quantitative estimate of drug-likeness (QED) is 0.897. The molecule has 0 saturated carbocycles. The molecular weight excluding hydrogens is 322 g/mol. The Morgan fingerprint density at radius 1 is 1.40 bits per heavy atom. The number of hydrogen-bond acceptors (Lipinski definition) is 5. The topological polar surface area (TPSA) is 84.7 Å². The van der Waals surface area contributed by atoms with Crippen LogP contribution in [-0.2, 0) is 9.53 Å². The van der Waals surface area contributed by atoms with Crippen LogP contribution in [0, 0.1) is 12.8 Å². The second-order valence-corrected chi connectivity index (χ2v) is 7.28. The number of likely N-dealkylation sites (tertiary alicyclic amines) is 1. The molecular formula is C18H27N3O4. The highest BCUT2D eigenvalue weighted by Gasteiger charge is 2.41. The molecule has 2 saturated heterocycles. The van der Waals surface area contributed by atoms with Crippen LogP contribution in [0.25, 0.3) is 0 Å². The van der Waals surface area contributed by atoms with Gasteiger partial charge in [0.05, 0.1) is 5.60 Å². The number of aromatic nitrogens is 1. The van der Waals surface area contributed by atoms with Crippen molar-refractivity contribution in [3.63, 3.8) is 0 Å². The number of nitrogens with one attached hydrogen (secondary N) is 1. The maximum atomic E-state index is 12.5. The highest BCUT2D eigenvalue weighted by atomic mass is 16.5. The molecule has 2 aliphatic heterocycles. The van der Waals surface area contributed by atoms with Gasteiger partial charge in [0.1, 0.15) is 5.76 Å². The predicted molar refractivity (Wildman–Crippen MR) is 91.1 cm³/mol. The van der Waals surface area contributed by atoms with E-state index in [1.165, 1.54) is 0 Å². The van der Waals surface area contributed by atoms with Gasteiger partial charge in [-0.05, 0) is 44.9 Å². The molecule has 0 aromatic carbocycles. The molecule has 0 aliphatic carbocycles. The van der Waals surface area contributed by atoms with Gasteiger partial charge < -0.3 is 19.5 Å². The number of ether oxygens (including phenoxy) is 1. The van der Waals surface area contributed by atoms with Gasteiger partial charge in [-0.3, -0.25) is 9.59 Å². The summed E-state index contributed by atoms with van der Waals surface area (Å²) in [4.78, 5) is 25.3. The van der Waals surface area contributed by atoms with Gasteiger partial charge in [0, 0.05) is 39.2 Å². The van der Waals surface area contributed by atoms with Crippen LogP contribution in [0.5, 0.6) is 0 Å². The van der Waals surface area contributed by atoms with Gasteiger partial charge in [-0.2, -0.15) is 0 Å². The molecule has 2 aliphatic rings. The molecule has 138 valence electrons. The Morgan fingerprint density at radius 2 is 2.16 bits per heavy atom. The van der Waals surface area contributed by atoms with Crippen molar-refractivity contribution in [2.75, 3.05) is 26.2 Å². The molecule has 2 fully saturated rings. The average molecular weight is 349 g/mol. The standard InChI is InChI=1S/C18H27N3O4/c1-13-11-16(20-25-13)17(23)21-8-5-18(6-9-21)12-15(4-10-24-18)3-7-19-14(2)22/h11,15H,3-10,12H2,1-2H3,(H,19,22). The van der Waals surface area contributed by atoms with E-state index in [2.05, 4.69) is 10.5 Å². The first-order valence-electron chi connectivity index (χ1n) is 9.08. The minimum Gasteiger partial charge on any atom is -0.375 e. The smallest absolute Gasteiger partial charge is 0.276 e. The largest absolute Gasteiger partial charge is 0.375 e. The number of hydrogen-bond donors (Lipinski definition) is 1. The van der Waals surface area contributed by atoms with Crippen molar-refractivity contribution in [3.05, 3.63) is 17.5 Å². The van der Waals surface area contributed by atoms with E-state index in [0.29, 0.717) is 30.5 Å². The molecule has 7 nitrogen and oxygen atoms in total. The lowest BCUT2D eigenvalue weighted by Gasteiger charge is -2.46. The molecule has 1 unspecified atom stereocenters. The number of carbonyl (C=O) groups is 2. The van der Waals surface area contributed by atoms with Gasteiger partial charge >= 0.3 is 0 Å². The van der Waals surface area contributed by atoms with Crippen molar-refractivity contribution in [3.8, 4) is 0 Å². The second-order valence-electron chi connectivity index (χ2n) is 7.28. The highest BCUT2D eigenvalue weighted by molar-refractivity contribution is 5.92. The lowest BCUT2D eigenvalue weighted by molar-refractivity contribution is -0.125. The first kappa shape index (κ1) is 17.9. The van der Waals surface area contributed by atoms with E-state index in [1.807, 2.05) is 4.90 Å². The van der Waals surface area contributed by atoms with Crippen LogP contribution in [0.15, 0.2) is 10.6 Å². The number of nitrogens with zero attached hydrogens (tertiary/aromatic N) is 2. The molecule has 1 atom stereocenters. The third-order valence-corrected chi connectivity index (χ3v) is 5.33. The lowest BCUT2D eigenvalue weighted by atomic mass is 9.78. The molecule has 7 heteroatoms. The van der Waals surface area contributed by atoms with Gasteiger partial charge in [-0.1, -0.05) is 5.16 Å². The number of amides is 2. The molecule has 1 N–H and O–H groups in total. The van der Waals surface area contributed by atoms with E-state index in [4.69, 9.17) is 9.26 Å². The number of carbonyl (C=O) groups excluding carboxylic acids is 2. The summed E-state index contributed by atoms with van der Waals surface area (Å²) >= 11 is 0. The van der Waals surface area contributed by atoms with Crippen molar-refractivity contribution in [2.45, 2.75) is 51.6 Å². The average Bonchev–Trinajstić information content (AvgIpc) is 3.01. The fraction of sp³-hybridized carbons (Fsp3) is 0.722. The van der Waals surface area contributed by atoms with Crippen molar-refractivity contribution in [1.82, 2.24) is 15.4 Å². The summed E-state index contributed by atoms with van der Waals surface area (Å²) in [5.41, 5.74) is 0.265. The van der Waals surface area contributed by atoms with E-state index >= 15 is 0 Å². The van der Waals surface area contributed by atoms with E-state index in [9.17, 15) is 9.59 Å². The van der Waals surface area contributed by atoms with Crippen molar-refractivity contribution < 1.29 is 18.8 Å². The third kappa shape index (κ3) is 4.39. The lowest BCUT2D eigenvalue weighted by Crippen LogP contribution is -2.51. The summed E-state index contributed by atoms with van der Waals surface area (Å²) in [5, 5.41) is 6.70. The maximum Gasteiger partial charge on any atom is 0.276 e. The van der Waals surface area contributed by atoms with Gasteiger partial charge in [-0.15, -0.1) is 0 Å². The maximum absolute atomic E-state index is 12.5. The molecule has 3 heterocycles. The van der Waals surface area contributed by atoms with Crippen molar-refractivity contribution in [2.24, 2.45) is 5.92 Å². The normalized spacial score (nSPS) is 22.8. The molecule has 1 spiro atoms. The zero-order chi connectivity index (χ0) is 17.9. The fourth-order valence-electron chi connectivity index (χ4n) is 3.92. The van der Waals surface area contributed by atoms with E-state index in [1.54, 1.807) is 19.9 Å². The van der Waals surface area contributed by atoms with Gasteiger partial charge in [0.25, 0.3) is 5.91 Å². The van der Waals surface area contributed by atoms with Crippen LogP contribution in [0.4, 0.5) is 0 Å². The summed E-state index contributed by atoms with van der Waals surface area (Å²) in [6, 6.07) is 1.68. The fourth-order valence-corrected chi connectivity index (χ4v) is 3.92. The second kappa shape index (κ2) is 7.56.